The van der Waals surface area contributed by atoms with Gasteiger partial charge in [-0.05, 0) is 31.5 Å². The van der Waals surface area contributed by atoms with Crippen molar-refractivity contribution in [3.8, 4) is 5.75 Å². The van der Waals surface area contributed by atoms with Crippen molar-refractivity contribution in [2.45, 2.75) is 26.8 Å². The average Bonchev–Trinajstić information content (AvgIpc) is 3.06. The summed E-state index contributed by atoms with van der Waals surface area (Å²) in [7, 11) is 1.67. The molecule has 0 bridgehead atoms. The number of rotatable bonds is 10. The average molecular weight is 377 g/mol. The molecule has 0 fully saturated rings. The molecule has 0 saturated heterocycles. The zero-order valence-electron chi connectivity index (χ0n) is 15.7. The van der Waals surface area contributed by atoms with E-state index in [-0.39, 0.29) is 0 Å². The summed E-state index contributed by atoms with van der Waals surface area (Å²) in [6, 6.07) is 8.00. The highest BCUT2D eigenvalue weighted by Crippen LogP contribution is 2.13. The largest absolute Gasteiger partial charge is 0.491 e. The number of methoxy groups -OCH3 is 1. The molecule has 0 aliphatic heterocycles. The molecule has 6 nitrogen and oxygen atoms in total. The second-order valence-electron chi connectivity index (χ2n) is 5.72. The molecule has 1 aromatic heterocycles. The van der Waals surface area contributed by atoms with Gasteiger partial charge in [0.15, 0.2) is 5.96 Å². The van der Waals surface area contributed by atoms with Crippen LogP contribution in [0, 0.1) is 6.92 Å². The number of nitrogens with one attached hydrogen (secondary N) is 2. The van der Waals surface area contributed by atoms with E-state index in [4.69, 9.17) is 9.47 Å². The first-order valence-corrected chi connectivity index (χ1v) is 9.73. The number of ether oxygens (including phenoxy) is 2. The standard InChI is InChI=1S/C19H28N4O2S/c1-4-20-19(21-10-9-17-14-26-15(2)23-17)22-13-16-5-7-18(8-6-16)25-12-11-24-3/h5-8,14H,4,9-13H2,1-3H3,(H2,20,21,22). The van der Waals surface area contributed by atoms with Gasteiger partial charge < -0.3 is 20.1 Å². The van der Waals surface area contributed by atoms with E-state index in [1.807, 2.05) is 31.2 Å². The number of guanidine groups is 1. The molecule has 142 valence electrons. The van der Waals surface area contributed by atoms with E-state index in [1.165, 1.54) is 0 Å². The third-order valence-corrected chi connectivity index (χ3v) is 4.41. The van der Waals surface area contributed by atoms with Crippen molar-refractivity contribution in [2.24, 2.45) is 4.99 Å². The summed E-state index contributed by atoms with van der Waals surface area (Å²) in [6.45, 7) is 7.48. The zero-order chi connectivity index (χ0) is 18.6. The van der Waals surface area contributed by atoms with E-state index in [0.29, 0.717) is 19.8 Å². The first-order chi connectivity index (χ1) is 12.7. The third-order valence-electron chi connectivity index (χ3n) is 3.58. The van der Waals surface area contributed by atoms with Gasteiger partial charge in [0.25, 0.3) is 0 Å². The molecule has 0 aliphatic carbocycles. The number of hydrogen-bond acceptors (Lipinski definition) is 5. The van der Waals surface area contributed by atoms with Crippen LogP contribution in [0.2, 0.25) is 0 Å². The minimum Gasteiger partial charge on any atom is -0.491 e. The van der Waals surface area contributed by atoms with E-state index in [9.17, 15) is 0 Å². The van der Waals surface area contributed by atoms with Gasteiger partial charge in [-0.15, -0.1) is 11.3 Å². The SMILES string of the molecule is CCNC(=NCc1ccc(OCCOC)cc1)NCCc1csc(C)n1. The van der Waals surface area contributed by atoms with Crippen LogP contribution in [0.5, 0.6) is 5.75 Å². The molecule has 0 spiro atoms. The maximum absolute atomic E-state index is 5.57. The van der Waals surface area contributed by atoms with E-state index < -0.39 is 0 Å². The van der Waals surface area contributed by atoms with Gasteiger partial charge in [0, 0.05) is 32.0 Å². The second-order valence-corrected chi connectivity index (χ2v) is 6.78. The maximum atomic E-state index is 5.57. The Morgan fingerprint density at radius 1 is 1.19 bits per heavy atom. The number of aromatic nitrogens is 1. The fourth-order valence-electron chi connectivity index (χ4n) is 2.28. The van der Waals surface area contributed by atoms with Crippen molar-refractivity contribution in [3.63, 3.8) is 0 Å². The van der Waals surface area contributed by atoms with Gasteiger partial charge in [0.05, 0.1) is 23.9 Å². The molecule has 0 aliphatic rings. The van der Waals surface area contributed by atoms with Crippen LogP contribution >= 0.6 is 11.3 Å². The van der Waals surface area contributed by atoms with Crippen LogP contribution in [0.15, 0.2) is 34.6 Å². The highest BCUT2D eigenvalue weighted by molar-refractivity contribution is 7.09. The van der Waals surface area contributed by atoms with E-state index in [1.54, 1.807) is 18.4 Å². The Morgan fingerprint density at radius 2 is 2.00 bits per heavy atom. The van der Waals surface area contributed by atoms with Crippen molar-refractivity contribution in [1.82, 2.24) is 15.6 Å². The summed E-state index contributed by atoms with van der Waals surface area (Å²) >= 11 is 1.69. The number of nitrogens with zero attached hydrogens (tertiary/aromatic N) is 2. The molecule has 2 aromatic rings. The van der Waals surface area contributed by atoms with E-state index in [2.05, 4.69) is 32.9 Å². The smallest absolute Gasteiger partial charge is 0.191 e. The summed E-state index contributed by atoms with van der Waals surface area (Å²) in [5.41, 5.74) is 2.26. The second kappa shape index (κ2) is 11.5. The predicted molar refractivity (Wildman–Crippen MR) is 107 cm³/mol. The molecule has 2 rings (SSSR count). The molecule has 0 saturated carbocycles. The molecule has 26 heavy (non-hydrogen) atoms. The number of aryl methyl sites for hydroxylation is 1. The van der Waals surface area contributed by atoms with Crippen LogP contribution in [0.1, 0.15) is 23.2 Å². The summed E-state index contributed by atoms with van der Waals surface area (Å²) in [4.78, 5) is 9.12. The lowest BCUT2D eigenvalue weighted by Gasteiger charge is -2.11. The summed E-state index contributed by atoms with van der Waals surface area (Å²) in [6.07, 6.45) is 0.891. The number of benzene rings is 1. The van der Waals surface area contributed by atoms with Crippen molar-refractivity contribution in [2.75, 3.05) is 33.4 Å². The molecular formula is C19H28N4O2S. The molecule has 0 unspecified atom stereocenters. The highest BCUT2D eigenvalue weighted by atomic mass is 32.1. The molecule has 0 radical (unpaired) electrons. The van der Waals surface area contributed by atoms with Crippen LogP contribution < -0.4 is 15.4 Å². The Hall–Kier alpha value is -2.12. The lowest BCUT2D eigenvalue weighted by atomic mass is 10.2. The minimum atomic E-state index is 0.557. The monoisotopic (exact) mass is 376 g/mol. The quantitative estimate of drug-likeness (QED) is 0.379. The van der Waals surface area contributed by atoms with Crippen LogP contribution in [0.3, 0.4) is 0 Å². The molecule has 0 amide bonds. The fourth-order valence-corrected chi connectivity index (χ4v) is 2.93. The van der Waals surface area contributed by atoms with Crippen molar-refractivity contribution < 1.29 is 9.47 Å². The lowest BCUT2D eigenvalue weighted by molar-refractivity contribution is 0.146. The first kappa shape index (κ1) is 20.2. The molecular weight excluding hydrogens is 348 g/mol. The Bertz CT molecular complexity index is 670. The Morgan fingerprint density at radius 3 is 2.65 bits per heavy atom. The normalized spacial score (nSPS) is 11.4. The number of thiazole rings is 1. The fraction of sp³-hybridized carbons (Fsp3) is 0.474. The highest BCUT2D eigenvalue weighted by Gasteiger charge is 2.01. The van der Waals surface area contributed by atoms with Gasteiger partial charge >= 0.3 is 0 Å². The van der Waals surface area contributed by atoms with Crippen molar-refractivity contribution >= 4 is 17.3 Å². The molecule has 1 aromatic carbocycles. The van der Waals surface area contributed by atoms with Crippen LogP contribution in [0.4, 0.5) is 0 Å². The van der Waals surface area contributed by atoms with Gasteiger partial charge in [0.1, 0.15) is 12.4 Å². The zero-order valence-corrected chi connectivity index (χ0v) is 16.6. The summed E-state index contributed by atoms with van der Waals surface area (Å²) in [5, 5.41) is 9.85. The maximum Gasteiger partial charge on any atom is 0.191 e. The summed E-state index contributed by atoms with van der Waals surface area (Å²) < 4.78 is 10.5. The molecule has 0 atom stereocenters. The Balaban J connectivity index is 1.81. The topological polar surface area (TPSA) is 67.8 Å². The Kier molecular flexibility index (Phi) is 8.92. The van der Waals surface area contributed by atoms with E-state index >= 15 is 0 Å². The lowest BCUT2D eigenvalue weighted by Crippen LogP contribution is -2.38. The molecule has 2 N–H and O–H groups in total. The number of aliphatic imine (C=N–C) groups is 1. The first-order valence-electron chi connectivity index (χ1n) is 8.85. The third kappa shape index (κ3) is 7.41. The van der Waals surface area contributed by atoms with Gasteiger partial charge in [-0.25, -0.2) is 9.98 Å². The number of hydrogen-bond donors (Lipinski definition) is 2. The van der Waals surface area contributed by atoms with Crippen LogP contribution in [0.25, 0.3) is 0 Å². The van der Waals surface area contributed by atoms with Crippen LogP contribution in [-0.2, 0) is 17.7 Å². The van der Waals surface area contributed by atoms with Gasteiger partial charge in [-0.1, -0.05) is 12.1 Å². The Labute approximate surface area is 159 Å². The van der Waals surface area contributed by atoms with Crippen molar-refractivity contribution in [1.29, 1.82) is 0 Å². The van der Waals surface area contributed by atoms with Crippen molar-refractivity contribution in [3.05, 3.63) is 45.9 Å². The van der Waals surface area contributed by atoms with Gasteiger partial charge in [-0.3, -0.25) is 0 Å². The van der Waals surface area contributed by atoms with Gasteiger partial charge in [-0.2, -0.15) is 0 Å². The van der Waals surface area contributed by atoms with Crippen LogP contribution in [-0.4, -0.2) is 44.4 Å². The summed E-state index contributed by atoms with van der Waals surface area (Å²) in [5.74, 6) is 1.67. The predicted octanol–water partition coefficient (Wildman–Crippen LogP) is 2.77. The minimum absolute atomic E-state index is 0.557. The van der Waals surface area contributed by atoms with E-state index in [0.717, 1.165) is 47.5 Å². The molecule has 1 heterocycles. The van der Waals surface area contributed by atoms with Gasteiger partial charge in [0.2, 0.25) is 0 Å². The molecule has 7 heteroatoms.